The highest BCUT2D eigenvalue weighted by Gasteiger charge is 2.19. The Bertz CT molecular complexity index is 559. The first-order chi connectivity index (χ1) is 8.08. The van der Waals surface area contributed by atoms with Crippen molar-refractivity contribution in [3.63, 3.8) is 0 Å². The number of hydrogen-bond donors (Lipinski definition) is 2. The van der Waals surface area contributed by atoms with E-state index in [1.165, 1.54) is 0 Å². The SMILES string of the molecule is O=C(O)Cc1nc(-n2cccc2)sc1C(=O)O. The van der Waals surface area contributed by atoms with Crippen LogP contribution in [-0.2, 0) is 11.2 Å². The first-order valence-electron chi connectivity index (χ1n) is 4.66. The summed E-state index contributed by atoms with van der Waals surface area (Å²) in [6.07, 6.45) is 3.05. The Labute approximate surface area is 99.8 Å². The zero-order valence-electron chi connectivity index (χ0n) is 8.53. The Hall–Kier alpha value is -2.15. The minimum Gasteiger partial charge on any atom is -0.481 e. The molecule has 2 N–H and O–H groups in total. The van der Waals surface area contributed by atoms with Crippen LogP contribution in [0.4, 0.5) is 0 Å². The monoisotopic (exact) mass is 252 g/mol. The molecule has 0 radical (unpaired) electrons. The van der Waals surface area contributed by atoms with Crippen LogP contribution < -0.4 is 0 Å². The fourth-order valence-corrected chi connectivity index (χ4v) is 2.23. The first-order valence-corrected chi connectivity index (χ1v) is 5.47. The summed E-state index contributed by atoms with van der Waals surface area (Å²) in [5.74, 6) is -2.26. The maximum absolute atomic E-state index is 11.0. The van der Waals surface area contributed by atoms with E-state index < -0.39 is 11.9 Å². The maximum Gasteiger partial charge on any atom is 0.347 e. The normalized spacial score (nSPS) is 10.4. The summed E-state index contributed by atoms with van der Waals surface area (Å²) in [5.41, 5.74) is 0.0821. The van der Waals surface area contributed by atoms with Gasteiger partial charge in [0, 0.05) is 12.4 Å². The van der Waals surface area contributed by atoms with Crippen molar-refractivity contribution in [2.75, 3.05) is 0 Å². The molecule has 2 heterocycles. The molecule has 0 aliphatic carbocycles. The van der Waals surface area contributed by atoms with Crippen LogP contribution >= 0.6 is 11.3 Å². The van der Waals surface area contributed by atoms with E-state index in [-0.39, 0.29) is 17.0 Å². The van der Waals surface area contributed by atoms with Crippen LogP contribution in [0.25, 0.3) is 5.13 Å². The highest BCUT2D eigenvalue weighted by atomic mass is 32.1. The third kappa shape index (κ3) is 2.34. The lowest BCUT2D eigenvalue weighted by Gasteiger charge is -1.93. The molecule has 0 fully saturated rings. The summed E-state index contributed by atoms with van der Waals surface area (Å²) in [4.78, 5) is 25.6. The van der Waals surface area contributed by atoms with E-state index in [9.17, 15) is 9.59 Å². The molecule has 88 valence electrons. The van der Waals surface area contributed by atoms with Crippen molar-refractivity contribution in [3.8, 4) is 5.13 Å². The minimum atomic E-state index is -1.16. The van der Waals surface area contributed by atoms with Gasteiger partial charge in [-0.3, -0.25) is 4.79 Å². The standard InChI is InChI=1S/C10H8N2O4S/c13-7(14)5-6-8(9(15)16)17-10(11-6)12-3-1-2-4-12/h1-4H,5H2,(H,13,14)(H,15,16). The van der Waals surface area contributed by atoms with E-state index in [1.54, 1.807) is 29.1 Å². The van der Waals surface area contributed by atoms with Crippen molar-refractivity contribution in [2.24, 2.45) is 0 Å². The summed E-state index contributed by atoms with van der Waals surface area (Å²) in [6, 6.07) is 3.55. The molecule has 2 rings (SSSR count). The van der Waals surface area contributed by atoms with Gasteiger partial charge in [0.05, 0.1) is 12.1 Å². The third-order valence-electron chi connectivity index (χ3n) is 2.02. The smallest absolute Gasteiger partial charge is 0.347 e. The van der Waals surface area contributed by atoms with E-state index in [1.807, 2.05) is 0 Å². The first kappa shape index (κ1) is 11.3. The number of thiazole rings is 1. The number of carboxylic acids is 2. The molecule has 0 aromatic carbocycles. The average Bonchev–Trinajstić information content (AvgIpc) is 2.82. The minimum absolute atomic E-state index is 0.0314. The molecule has 2 aromatic rings. The van der Waals surface area contributed by atoms with Gasteiger partial charge in [-0.1, -0.05) is 11.3 Å². The number of aromatic carboxylic acids is 1. The molecule has 17 heavy (non-hydrogen) atoms. The van der Waals surface area contributed by atoms with Crippen LogP contribution in [0.3, 0.4) is 0 Å². The highest BCUT2D eigenvalue weighted by molar-refractivity contribution is 7.16. The number of aliphatic carboxylic acids is 1. The van der Waals surface area contributed by atoms with Gasteiger partial charge in [0.1, 0.15) is 4.88 Å². The molecule has 0 unspecified atom stereocenters. The van der Waals surface area contributed by atoms with Crippen LogP contribution in [0.15, 0.2) is 24.5 Å². The molecule has 0 aliphatic rings. The summed E-state index contributed by atoms with van der Waals surface area (Å²) in [5, 5.41) is 18.1. The fraction of sp³-hybridized carbons (Fsp3) is 0.100. The van der Waals surface area contributed by atoms with Crippen molar-refractivity contribution >= 4 is 23.3 Å². The van der Waals surface area contributed by atoms with E-state index in [0.29, 0.717) is 5.13 Å². The molecule has 0 bridgehead atoms. The topological polar surface area (TPSA) is 92.4 Å². The lowest BCUT2D eigenvalue weighted by Crippen LogP contribution is -2.06. The predicted molar refractivity (Wildman–Crippen MR) is 59.7 cm³/mol. The second-order valence-electron chi connectivity index (χ2n) is 3.24. The van der Waals surface area contributed by atoms with E-state index in [4.69, 9.17) is 10.2 Å². The molecule has 0 amide bonds. The molecule has 7 heteroatoms. The molecule has 2 aromatic heterocycles. The van der Waals surface area contributed by atoms with Crippen LogP contribution in [-0.4, -0.2) is 31.7 Å². The second kappa shape index (κ2) is 4.38. The summed E-state index contributed by atoms with van der Waals surface area (Å²) in [6.45, 7) is 0. The Kier molecular flexibility index (Phi) is 2.92. The van der Waals surface area contributed by atoms with E-state index >= 15 is 0 Å². The molecule has 6 nitrogen and oxygen atoms in total. The third-order valence-corrected chi connectivity index (χ3v) is 3.12. The lowest BCUT2D eigenvalue weighted by atomic mass is 10.3. The predicted octanol–water partition coefficient (Wildman–Crippen LogP) is 1.26. The van der Waals surface area contributed by atoms with Gasteiger partial charge in [-0.25, -0.2) is 9.78 Å². The average molecular weight is 252 g/mol. The number of carbonyl (C=O) groups is 2. The number of hydrogen-bond acceptors (Lipinski definition) is 4. The lowest BCUT2D eigenvalue weighted by molar-refractivity contribution is -0.136. The van der Waals surface area contributed by atoms with Crippen molar-refractivity contribution in [2.45, 2.75) is 6.42 Å². The molecular weight excluding hydrogens is 244 g/mol. The summed E-state index contributed by atoms with van der Waals surface area (Å²) >= 11 is 0.956. The largest absolute Gasteiger partial charge is 0.481 e. The quantitative estimate of drug-likeness (QED) is 0.854. The number of nitrogens with zero attached hydrogens (tertiary/aromatic N) is 2. The van der Waals surface area contributed by atoms with Gasteiger partial charge in [0.15, 0.2) is 5.13 Å². The Morgan fingerprint density at radius 1 is 1.29 bits per heavy atom. The maximum atomic E-state index is 11.0. The van der Waals surface area contributed by atoms with E-state index in [0.717, 1.165) is 11.3 Å². The summed E-state index contributed by atoms with van der Waals surface area (Å²) in [7, 11) is 0. The van der Waals surface area contributed by atoms with Gasteiger partial charge in [-0.15, -0.1) is 0 Å². The van der Waals surface area contributed by atoms with Gasteiger partial charge in [0.25, 0.3) is 0 Å². The Balaban J connectivity index is 2.44. The van der Waals surface area contributed by atoms with Crippen molar-refractivity contribution in [1.82, 2.24) is 9.55 Å². The molecule has 0 saturated carbocycles. The van der Waals surface area contributed by atoms with Crippen LogP contribution in [0.1, 0.15) is 15.4 Å². The van der Waals surface area contributed by atoms with Gasteiger partial charge in [-0.2, -0.15) is 0 Å². The zero-order chi connectivity index (χ0) is 12.4. The van der Waals surface area contributed by atoms with Crippen LogP contribution in [0, 0.1) is 0 Å². The van der Waals surface area contributed by atoms with E-state index in [2.05, 4.69) is 4.98 Å². The Morgan fingerprint density at radius 3 is 2.47 bits per heavy atom. The number of rotatable bonds is 4. The number of carboxylic acid groups (broad SMARTS) is 2. The molecule has 0 aliphatic heterocycles. The van der Waals surface area contributed by atoms with Gasteiger partial charge < -0.3 is 14.8 Å². The summed E-state index contributed by atoms with van der Waals surface area (Å²) < 4.78 is 1.64. The number of aromatic nitrogens is 2. The van der Waals surface area contributed by atoms with Gasteiger partial charge in [0.2, 0.25) is 0 Å². The van der Waals surface area contributed by atoms with Gasteiger partial charge in [-0.05, 0) is 12.1 Å². The second-order valence-corrected chi connectivity index (χ2v) is 4.22. The van der Waals surface area contributed by atoms with Crippen molar-refractivity contribution < 1.29 is 19.8 Å². The highest BCUT2D eigenvalue weighted by Crippen LogP contribution is 2.22. The molecule has 0 atom stereocenters. The van der Waals surface area contributed by atoms with Crippen molar-refractivity contribution in [3.05, 3.63) is 35.1 Å². The zero-order valence-corrected chi connectivity index (χ0v) is 9.35. The fourth-order valence-electron chi connectivity index (χ4n) is 1.34. The molecular formula is C10H8N2O4S. The molecule has 0 spiro atoms. The van der Waals surface area contributed by atoms with Crippen LogP contribution in [0.5, 0.6) is 0 Å². The Morgan fingerprint density at radius 2 is 1.94 bits per heavy atom. The van der Waals surface area contributed by atoms with Gasteiger partial charge >= 0.3 is 11.9 Å². The molecule has 0 saturated heterocycles. The van der Waals surface area contributed by atoms with Crippen molar-refractivity contribution in [1.29, 1.82) is 0 Å². The van der Waals surface area contributed by atoms with Crippen LogP contribution in [0.2, 0.25) is 0 Å².